The Balaban J connectivity index is 1.17. The summed E-state index contributed by atoms with van der Waals surface area (Å²) in [6.07, 6.45) is 14.9. The van der Waals surface area contributed by atoms with Crippen LogP contribution in [0, 0.1) is 5.92 Å². The summed E-state index contributed by atoms with van der Waals surface area (Å²) < 4.78 is 0. The van der Waals surface area contributed by atoms with Gasteiger partial charge in [-0.05, 0) is 115 Å². The Morgan fingerprint density at radius 2 is 0.983 bits per heavy atom. The van der Waals surface area contributed by atoms with Crippen molar-refractivity contribution in [3.05, 3.63) is 286 Å². The highest BCUT2D eigenvalue weighted by Gasteiger charge is 2.56. The van der Waals surface area contributed by atoms with Crippen LogP contribution in [0.2, 0.25) is 0 Å². The molecule has 1 spiro atoms. The summed E-state index contributed by atoms with van der Waals surface area (Å²) >= 11 is 0. The lowest BCUT2D eigenvalue weighted by Gasteiger charge is -2.50. The highest BCUT2D eigenvalue weighted by molar-refractivity contribution is 5.93. The standard InChI is InChI=1S/C58H41N/c1-3-21-44(22-4-1)57(45-23-5-2-6-24-45)52-27-13-15-29-54(52)58(55-30-16-14-28-53(55)57)51-26-12-11-25-49(51)50-36-35-48(39-56(50)58)59(46-33-31-40-17-7-9-19-42(40)37-46)47-34-32-41-18-8-10-20-43(41)38-47/h1-17,19-39,41H,18H2. The van der Waals surface area contributed by atoms with E-state index in [1.165, 1.54) is 77.7 Å². The first-order valence-electron chi connectivity index (χ1n) is 20.9. The van der Waals surface area contributed by atoms with Crippen molar-refractivity contribution in [1.29, 1.82) is 0 Å². The van der Waals surface area contributed by atoms with Gasteiger partial charge in [0, 0.05) is 23.0 Å². The lowest BCUT2D eigenvalue weighted by Crippen LogP contribution is -2.44. The fourth-order valence-corrected chi connectivity index (χ4v) is 11.1. The molecular weight excluding hydrogens is 711 g/mol. The summed E-state index contributed by atoms with van der Waals surface area (Å²) in [5.41, 5.74) is 16.7. The average molecular weight is 752 g/mol. The van der Waals surface area contributed by atoms with E-state index in [9.17, 15) is 0 Å². The Labute approximate surface area is 346 Å². The number of fused-ring (bicyclic) bond motifs is 11. The predicted molar refractivity (Wildman–Crippen MR) is 244 cm³/mol. The van der Waals surface area contributed by atoms with Gasteiger partial charge in [0.05, 0.1) is 10.8 Å². The maximum atomic E-state index is 2.52. The zero-order valence-corrected chi connectivity index (χ0v) is 32.7. The highest BCUT2D eigenvalue weighted by Crippen LogP contribution is 2.65. The van der Waals surface area contributed by atoms with Crippen LogP contribution in [0.3, 0.4) is 0 Å². The first-order valence-corrected chi connectivity index (χ1v) is 20.9. The van der Waals surface area contributed by atoms with E-state index in [0.29, 0.717) is 5.92 Å². The first kappa shape index (κ1) is 33.9. The van der Waals surface area contributed by atoms with Crippen LogP contribution in [0.1, 0.15) is 50.9 Å². The van der Waals surface area contributed by atoms with Gasteiger partial charge < -0.3 is 4.90 Å². The third-order valence-corrected chi connectivity index (χ3v) is 13.5. The van der Waals surface area contributed by atoms with Crippen LogP contribution in [0.15, 0.2) is 242 Å². The van der Waals surface area contributed by atoms with E-state index in [0.717, 1.165) is 17.8 Å². The third-order valence-electron chi connectivity index (χ3n) is 13.5. The minimum atomic E-state index is -0.574. The fraction of sp³-hybridized carbons (Fsp3) is 0.0690. The van der Waals surface area contributed by atoms with Gasteiger partial charge >= 0.3 is 0 Å². The molecule has 4 aliphatic carbocycles. The molecule has 0 saturated heterocycles. The van der Waals surface area contributed by atoms with Gasteiger partial charge in [-0.15, -0.1) is 0 Å². The van der Waals surface area contributed by atoms with Crippen LogP contribution in [0.4, 0.5) is 11.4 Å². The van der Waals surface area contributed by atoms with E-state index in [-0.39, 0.29) is 0 Å². The zero-order valence-electron chi connectivity index (χ0n) is 32.7. The van der Waals surface area contributed by atoms with E-state index >= 15 is 0 Å². The summed E-state index contributed by atoms with van der Waals surface area (Å²) in [5.74, 6) is 0.407. The lowest BCUT2D eigenvalue weighted by molar-refractivity contribution is 0.623. The van der Waals surface area contributed by atoms with E-state index in [4.69, 9.17) is 0 Å². The molecule has 4 aliphatic rings. The monoisotopic (exact) mass is 751 g/mol. The molecule has 0 radical (unpaired) electrons. The maximum Gasteiger partial charge on any atom is 0.0720 e. The maximum absolute atomic E-state index is 2.52. The van der Waals surface area contributed by atoms with Crippen LogP contribution in [-0.4, -0.2) is 0 Å². The van der Waals surface area contributed by atoms with Crippen LogP contribution in [0.5, 0.6) is 0 Å². The molecule has 8 aromatic carbocycles. The van der Waals surface area contributed by atoms with Crippen LogP contribution >= 0.6 is 0 Å². The minimum Gasteiger partial charge on any atom is -0.310 e. The topological polar surface area (TPSA) is 3.24 Å². The van der Waals surface area contributed by atoms with E-state index in [1.807, 2.05) is 0 Å². The zero-order chi connectivity index (χ0) is 39.0. The molecule has 0 aliphatic heterocycles. The third kappa shape index (κ3) is 4.79. The second-order valence-electron chi connectivity index (χ2n) is 16.3. The molecule has 59 heavy (non-hydrogen) atoms. The highest BCUT2D eigenvalue weighted by atomic mass is 15.1. The van der Waals surface area contributed by atoms with Gasteiger partial charge in [0.2, 0.25) is 0 Å². The van der Waals surface area contributed by atoms with Crippen molar-refractivity contribution in [2.24, 2.45) is 5.92 Å². The molecule has 1 nitrogen and oxygen atoms in total. The largest absolute Gasteiger partial charge is 0.310 e. The SMILES string of the molecule is C1=CCC2C=CC(N(c3ccc4c(c3)C3(c5ccccc5-4)c4ccccc4C(c4ccccc4)(c4ccccc4)c4ccccc43)c3ccc4ccccc4c3)=CC2=C1. The summed E-state index contributed by atoms with van der Waals surface area (Å²) in [6.45, 7) is 0. The Kier molecular flexibility index (Phi) is 7.56. The first-order chi connectivity index (χ1) is 29.3. The Hall–Kier alpha value is -7.22. The van der Waals surface area contributed by atoms with Crippen molar-refractivity contribution in [3.63, 3.8) is 0 Å². The number of allylic oxidation sites excluding steroid dienone is 7. The molecular formula is C58H41N. The molecule has 278 valence electrons. The van der Waals surface area contributed by atoms with Gasteiger partial charge in [0.15, 0.2) is 0 Å². The lowest BCUT2D eigenvalue weighted by atomic mass is 9.51. The van der Waals surface area contributed by atoms with Gasteiger partial charge in [-0.1, -0.05) is 194 Å². The Morgan fingerprint density at radius 1 is 0.441 bits per heavy atom. The second kappa shape index (κ2) is 13.2. The van der Waals surface area contributed by atoms with Crippen molar-refractivity contribution in [1.82, 2.24) is 0 Å². The van der Waals surface area contributed by atoms with Crippen molar-refractivity contribution < 1.29 is 0 Å². The predicted octanol–water partition coefficient (Wildman–Crippen LogP) is 14.0. The van der Waals surface area contributed by atoms with Crippen molar-refractivity contribution >= 4 is 22.1 Å². The number of rotatable bonds is 5. The summed E-state index contributed by atoms with van der Waals surface area (Å²) in [5, 5.41) is 2.47. The van der Waals surface area contributed by atoms with Gasteiger partial charge in [-0.2, -0.15) is 0 Å². The fourth-order valence-electron chi connectivity index (χ4n) is 11.1. The molecule has 12 rings (SSSR count). The van der Waals surface area contributed by atoms with Gasteiger partial charge in [0.1, 0.15) is 0 Å². The van der Waals surface area contributed by atoms with Gasteiger partial charge in [-0.3, -0.25) is 0 Å². The Bertz CT molecular complexity index is 3000. The molecule has 1 unspecified atom stereocenters. The van der Waals surface area contributed by atoms with Crippen molar-refractivity contribution in [2.75, 3.05) is 4.90 Å². The molecule has 0 fully saturated rings. The van der Waals surface area contributed by atoms with Crippen molar-refractivity contribution in [2.45, 2.75) is 17.3 Å². The molecule has 0 saturated carbocycles. The van der Waals surface area contributed by atoms with Crippen molar-refractivity contribution in [3.8, 4) is 11.1 Å². The Morgan fingerprint density at radius 3 is 1.68 bits per heavy atom. The van der Waals surface area contributed by atoms with Crippen LogP contribution < -0.4 is 4.90 Å². The van der Waals surface area contributed by atoms with E-state index < -0.39 is 10.8 Å². The van der Waals surface area contributed by atoms with Crippen LogP contribution in [0.25, 0.3) is 21.9 Å². The smallest absolute Gasteiger partial charge is 0.0720 e. The molecule has 1 atom stereocenters. The van der Waals surface area contributed by atoms with Gasteiger partial charge in [-0.25, -0.2) is 0 Å². The second-order valence-corrected chi connectivity index (χ2v) is 16.3. The molecule has 0 heterocycles. The number of hydrogen-bond acceptors (Lipinski definition) is 1. The number of hydrogen-bond donors (Lipinski definition) is 0. The summed E-state index contributed by atoms with van der Waals surface area (Å²) in [7, 11) is 0. The minimum absolute atomic E-state index is 0.407. The summed E-state index contributed by atoms with van der Waals surface area (Å²) in [4.78, 5) is 2.48. The quantitative estimate of drug-likeness (QED) is 0.169. The average Bonchev–Trinajstić information content (AvgIpc) is 3.60. The molecule has 8 aromatic rings. The molecule has 0 aromatic heterocycles. The number of benzene rings is 8. The summed E-state index contributed by atoms with van der Waals surface area (Å²) in [6, 6.07) is 73.0. The van der Waals surface area contributed by atoms with Gasteiger partial charge in [0.25, 0.3) is 0 Å². The normalized spacial score (nSPS) is 17.3. The number of nitrogens with zero attached hydrogens (tertiary/aromatic N) is 1. The number of anilines is 2. The molecule has 1 heteroatoms. The molecule has 0 amide bonds. The molecule has 0 bridgehead atoms. The van der Waals surface area contributed by atoms with Crippen LogP contribution in [-0.2, 0) is 10.8 Å². The van der Waals surface area contributed by atoms with E-state index in [1.54, 1.807) is 0 Å². The molecule has 0 N–H and O–H groups in total. The van der Waals surface area contributed by atoms with E-state index in [2.05, 4.69) is 235 Å².